The van der Waals surface area contributed by atoms with Crippen LogP contribution in [-0.2, 0) is 4.74 Å². The molecule has 4 N–H and O–H groups in total. The number of aromatic amines is 1. The Morgan fingerprint density at radius 1 is 1.36 bits per heavy atom. The van der Waals surface area contributed by atoms with Gasteiger partial charge in [0.15, 0.2) is 0 Å². The third kappa shape index (κ3) is 1.53. The minimum absolute atomic E-state index is 0.00190. The molecule has 1 saturated heterocycles. The Balaban J connectivity index is 2.14. The number of rotatable bonds is 1. The minimum Gasteiger partial charge on any atom is -0.388 e. The fraction of sp³-hybridized carbons (Fsp3) is 0.625. The van der Waals surface area contributed by atoms with Gasteiger partial charge < -0.3 is 25.0 Å². The maximum atomic E-state index is 9.60. The lowest BCUT2D eigenvalue weighted by atomic mass is 9.98. The molecule has 14 heavy (non-hydrogen) atoms. The number of imidazole rings is 1. The van der Waals surface area contributed by atoms with Gasteiger partial charge in [-0.15, -0.1) is 0 Å². The van der Waals surface area contributed by atoms with Gasteiger partial charge in [-0.2, -0.15) is 0 Å². The number of hydrogen-bond acceptors (Lipinski definition) is 5. The van der Waals surface area contributed by atoms with E-state index >= 15 is 0 Å². The van der Waals surface area contributed by atoms with E-state index in [4.69, 9.17) is 4.74 Å². The van der Waals surface area contributed by atoms with E-state index in [0.29, 0.717) is 5.69 Å². The van der Waals surface area contributed by atoms with Crippen molar-refractivity contribution in [1.29, 1.82) is 0 Å². The second kappa shape index (κ2) is 3.66. The smallest absolute Gasteiger partial charge is 0.127 e. The number of ether oxygens (including phenoxy) is 1. The van der Waals surface area contributed by atoms with E-state index in [-0.39, 0.29) is 6.61 Å². The zero-order valence-corrected chi connectivity index (χ0v) is 7.37. The van der Waals surface area contributed by atoms with Gasteiger partial charge in [-0.25, -0.2) is 4.98 Å². The van der Waals surface area contributed by atoms with Gasteiger partial charge >= 0.3 is 0 Å². The number of nitrogens with one attached hydrogen (secondary N) is 1. The van der Waals surface area contributed by atoms with Gasteiger partial charge in [0.2, 0.25) is 0 Å². The number of aromatic nitrogens is 2. The molecule has 1 aliphatic heterocycles. The Kier molecular flexibility index (Phi) is 2.51. The Morgan fingerprint density at radius 3 is 2.79 bits per heavy atom. The molecule has 1 aromatic rings. The normalized spacial score (nSPS) is 38.5. The summed E-state index contributed by atoms with van der Waals surface area (Å²) >= 11 is 0. The maximum absolute atomic E-state index is 9.60. The summed E-state index contributed by atoms with van der Waals surface area (Å²) < 4.78 is 5.19. The Bertz CT molecular complexity index is 290. The van der Waals surface area contributed by atoms with E-state index in [0.717, 1.165) is 0 Å². The zero-order chi connectivity index (χ0) is 10.1. The lowest BCUT2D eigenvalue weighted by Crippen LogP contribution is -2.49. The molecule has 6 nitrogen and oxygen atoms in total. The van der Waals surface area contributed by atoms with E-state index in [1.807, 2.05) is 0 Å². The molecule has 1 aromatic heterocycles. The Hall–Kier alpha value is -0.950. The van der Waals surface area contributed by atoms with Gasteiger partial charge in [-0.1, -0.05) is 0 Å². The molecule has 2 heterocycles. The van der Waals surface area contributed by atoms with Gasteiger partial charge in [0.25, 0.3) is 0 Å². The van der Waals surface area contributed by atoms with E-state index in [2.05, 4.69) is 9.97 Å². The lowest BCUT2D eigenvalue weighted by Gasteiger charge is -2.34. The molecule has 0 radical (unpaired) electrons. The lowest BCUT2D eigenvalue weighted by molar-refractivity contribution is -0.190. The molecule has 0 unspecified atom stereocenters. The van der Waals surface area contributed by atoms with Crippen LogP contribution in [0.2, 0.25) is 0 Å². The second-order valence-electron chi connectivity index (χ2n) is 3.31. The molecule has 0 spiro atoms. The van der Waals surface area contributed by atoms with Crippen molar-refractivity contribution in [3.05, 3.63) is 18.2 Å². The third-order valence-electron chi connectivity index (χ3n) is 2.33. The number of aliphatic hydroxyl groups excluding tert-OH is 3. The summed E-state index contributed by atoms with van der Waals surface area (Å²) in [5, 5.41) is 28.2. The highest BCUT2D eigenvalue weighted by Gasteiger charge is 2.38. The van der Waals surface area contributed by atoms with Gasteiger partial charge in [0, 0.05) is 0 Å². The topological polar surface area (TPSA) is 98.6 Å². The molecular weight excluding hydrogens is 188 g/mol. The molecule has 6 heteroatoms. The quantitative estimate of drug-likeness (QED) is 0.445. The molecule has 0 amide bonds. The van der Waals surface area contributed by atoms with Crippen LogP contribution in [0.3, 0.4) is 0 Å². The summed E-state index contributed by atoms with van der Waals surface area (Å²) in [6, 6.07) is 0. The molecule has 0 aliphatic carbocycles. The zero-order valence-electron chi connectivity index (χ0n) is 7.37. The first-order valence-electron chi connectivity index (χ1n) is 4.34. The van der Waals surface area contributed by atoms with E-state index in [1.54, 1.807) is 0 Å². The van der Waals surface area contributed by atoms with Gasteiger partial charge in [-0.05, 0) is 0 Å². The monoisotopic (exact) mass is 200 g/mol. The molecule has 2 rings (SSSR count). The predicted molar refractivity (Wildman–Crippen MR) is 45.3 cm³/mol. The summed E-state index contributed by atoms with van der Waals surface area (Å²) in [5.41, 5.74) is 0.587. The molecule has 0 bridgehead atoms. The Morgan fingerprint density at radius 2 is 2.14 bits per heavy atom. The van der Waals surface area contributed by atoms with Crippen molar-refractivity contribution >= 4 is 0 Å². The van der Waals surface area contributed by atoms with Crippen LogP contribution in [0.15, 0.2) is 12.5 Å². The van der Waals surface area contributed by atoms with Crippen LogP contribution in [-0.4, -0.2) is 50.2 Å². The fourth-order valence-electron chi connectivity index (χ4n) is 1.50. The molecule has 1 aliphatic rings. The summed E-state index contributed by atoms with van der Waals surface area (Å²) in [6.07, 6.45) is -1.04. The fourth-order valence-corrected chi connectivity index (χ4v) is 1.50. The van der Waals surface area contributed by atoms with Gasteiger partial charge in [0.05, 0.1) is 24.8 Å². The van der Waals surface area contributed by atoms with Crippen molar-refractivity contribution in [3.8, 4) is 0 Å². The third-order valence-corrected chi connectivity index (χ3v) is 2.33. The highest BCUT2D eigenvalue weighted by atomic mass is 16.5. The second-order valence-corrected chi connectivity index (χ2v) is 3.31. The predicted octanol–water partition coefficient (Wildman–Crippen LogP) is -1.44. The molecular formula is C8H12N2O4. The SMILES string of the molecule is O[C@H]1[C@H](O)[C@@H](c2cnc[nH]2)OC[C@H]1O. The van der Waals surface area contributed by atoms with Crippen LogP contribution in [0, 0.1) is 0 Å². The van der Waals surface area contributed by atoms with Crippen LogP contribution in [0.5, 0.6) is 0 Å². The summed E-state index contributed by atoms with van der Waals surface area (Å²) in [6.45, 7) is 0.00190. The maximum Gasteiger partial charge on any atom is 0.127 e. The standard InChI is InChI=1S/C8H12N2O4/c11-5-2-14-8(7(13)6(5)12)4-1-9-3-10-4/h1,3,5-8,11-13H,2H2,(H,9,10)/t5-,6-,7+,8-/m1/s1. The van der Waals surface area contributed by atoms with E-state index in [9.17, 15) is 15.3 Å². The average Bonchev–Trinajstić information content (AvgIpc) is 2.67. The van der Waals surface area contributed by atoms with Crippen molar-refractivity contribution in [3.63, 3.8) is 0 Å². The van der Waals surface area contributed by atoms with E-state index < -0.39 is 24.4 Å². The van der Waals surface area contributed by atoms with Crippen molar-refractivity contribution in [2.45, 2.75) is 24.4 Å². The van der Waals surface area contributed by atoms with Crippen LogP contribution < -0.4 is 0 Å². The minimum atomic E-state index is -1.18. The Labute approximate surface area is 80.2 Å². The average molecular weight is 200 g/mol. The van der Waals surface area contributed by atoms with Crippen LogP contribution in [0.4, 0.5) is 0 Å². The van der Waals surface area contributed by atoms with Gasteiger partial charge in [-0.3, -0.25) is 0 Å². The largest absolute Gasteiger partial charge is 0.388 e. The molecule has 0 aromatic carbocycles. The summed E-state index contributed by atoms with van der Waals surface area (Å²) in [7, 11) is 0. The molecule has 0 saturated carbocycles. The number of aliphatic hydroxyl groups is 3. The van der Waals surface area contributed by atoms with Crippen molar-refractivity contribution in [2.75, 3.05) is 6.61 Å². The molecule has 4 atom stereocenters. The van der Waals surface area contributed by atoms with Crippen molar-refractivity contribution in [1.82, 2.24) is 9.97 Å². The van der Waals surface area contributed by atoms with Crippen LogP contribution in [0.1, 0.15) is 11.8 Å². The molecule has 1 fully saturated rings. The molecule has 78 valence electrons. The number of hydrogen-bond donors (Lipinski definition) is 4. The van der Waals surface area contributed by atoms with E-state index in [1.165, 1.54) is 12.5 Å². The number of nitrogens with zero attached hydrogens (tertiary/aromatic N) is 1. The first-order valence-corrected chi connectivity index (χ1v) is 4.34. The van der Waals surface area contributed by atoms with Crippen molar-refractivity contribution in [2.24, 2.45) is 0 Å². The highest BCUT2D eigenvalue weighted by Crippen LogP contribution is 2.27. The number of H-pyrrole nitrogens is 1. The summed E-state index contributed by atoms with van der Waals surface area (Å²) in [5.74, 6) is 0. The van der Waals surface area contributed by atoms with Crippen LogP contribution in [0.25, 0.3) is 0 Å². The highest BCUT2D eigenvalue weighted by molar-refractivity contribution is 5.05. The van der Waals surface area contributed by atoms with Gasteiger partial charge in [0.1, 0.15) is 24.4 Å². The van der Waals surface area contributed by atoms with Crippen molar-refractivity contribution < 1.29 is 20.1 Å². The first-order chi connectivity index (χ1) is 6.70. The van der Waals surface area contributed by atoms with Crippen LogP contribution >= 0.6 is 0 Å². The first kappa shape index (κ1) is 9.60. The summed E-state index contributed by atoms with van der Waals surface area (Å²) in [4.78, 5) is 6.57.